The molecule has 122 valence electrons. The predicted octanol–water partition coefficient (Wildman–Crippen LogP) is 3.41. The molecule has 1 atom stereocenters. The topological polar surface area (TPSA) is 58.2 Å². The van der Waals surface area contributed by atoms with Crippen molar-refractivity contribution in [1.82, 2.24) is 10.0 Å². The van der Waals surface area contributed by atoms with Crippen LogP contribution in [0.2, 0.25) is 0 Å². The molecule has 1 unspecified atom stereocenters. The van der Waals surface area contributed by atoms with E-state index in [0.717, 1.165) is 29.7 Å². The molecule has 0 aliphatic carbocycles. The minimum Gasteiger partial charge on any atom is -0.310 e. The fraction of sp³-hybridized carbons (Fsp3) is 0.733. The fourth-order valence-corrected chi connectivity index (χ4v) is 5.20. The van der Waals surface area contributed by atoms with Crippen molar-refractivity contribution in [2.75, 3.05) is 0 Å². The van der Waals surface area contributed by atoms with Crippen LogP contribution in [0.15, 0.2) is 10.3 Å². The van der Waals surface area contributed by atoms with Crippen LogP contribution in [-0.2, 0) is 16.6 Å². The summed E-state index contributed by atoms with van der Waals surface area (Å²) in [5, 5.41) is 5.21. The molecule has 0 radical (unpaired) electrons. The van der Waals surface area contributed by atoms with Gasteiger partial charge >= 0.3 is 0 Å². The molecule has 0 bridgehead atoms. The molecule has 0 saturated carbocycles. The lowest BCUT2D eigenvalue weighted by Crippen LogP contribution is -2.33. The maximum Gasteiger partial charge on any atom is 0.242 e. The van der Waals surface area contributed by atoms with Crippen molar-refractivity contribution in [2.24, 2.45) is 0 Å². The highest BCUT2D eigenvalue weighted by Crippen LogP contribution is 2.27. The van der Waals surface area contributed by atoms with E-state index in [0.29, 0.717) is 17.5 Å². The first-order valence-electron chi connectivity index (χ1n) is 7.60. The van der Waals surface area contributed by atoms with Crippen molar-refractivity contribution in [3.05, 3.63) is 15.8 Å². The number of nitrogens with one attached hydrogen (secondary N) is 2. The summed E-state index contributed by atoms with van der Waals surface area (Å²) in [5.41, 5.74) is 0.829. The highest BCUT2D eigenvalue weighted by atomic mass is 32.2. The Morgan fingerprint density at radius 3 is 2.52 bits per heavy atom. The molecular weight excluding hydrogens is 304 g/mol. The summed E-state index contributed by atoms with van der Waals surface area (Å²) in [6, 6.07) is 0.305. The molecule has 6 heteroatoms. The van der Waals surface area contributed by atoms with Crippen molar-refractivity contribution < 1.29 is 8.42 Å². The lowest BCUT2D eigenvalue weighted by molar-refractivity contribution is 0.531. The first kappa shape index (κ1) is 18.6. The van der Waals surface area contributed by atoms with Gasteiger partial charge in [-0.1, -0.05) is 33.6 Å². The van der Waals surface area contributed by atoms with E-state index in [1.807, 2.05) is 19.2 Å². The van der Waals surface area contributed by atoms with Crippen molar-refractivity contribution >= 4 is 21.4 Å². The summed E-state index contributed by atoms with van der Waals surface area (Å²) in [4.78, 5) is 1.35. The molecule has 1 aromatic heterocycles. The molecule has 4 nitrogen and oxygen atoms in total. The Labute approximate surface area is 133 Å². The molecule has 1 rings (SSSR count). The van der Waals surface area contributed by atoms with Crippen LogP contribution in [0.25, 0.3) is 0 Å². The molecule has 21 heavy (non-hydrogen) atoms. The van der Waals surface area contributed by atoms with Gasteiger partial charge in [0.25, 0.3) is 0 Å². The van der Waals surface area contributed by atoms with Gasteiger partial charge in [0.1, 0.15) is 4.90 Å². The third-order valence-corrected chi connectivity index (χ3v) is 6.33. The van der Waals surface area contributed by atoms with Crippen LogP contribution in [0.4, 0.5) is 0 Å². The van der Waals surface area contributed by atoms with Gasteiger partial charge in [-0.2, -0.15) is 0 Å². The summed E-state index contributed by atoms with van der Waals surface area (Å²) in [6.07, 6.45) is 2.99. The van der Waals surface area contributed by atoms with Crippen LogP contribution in [0, 0.1) is 6.92 Å². The average molecular weight is 333 g/mol. The monoisotopic (exact) mass is 332 g/mol. The van der Waals surface area contributed by atoms with Crippen LogP contribution in [0.1, 0.15) is 57.4 Å². The van der Waals surface area contributed by atoms with E-state index < -0.39 is 10.0 Å². The van der Waals surface area contributed by atoms with E-state index in [1.54, 1.807) is 0 Å². The lowest BCUT2D eigenvalue weighted by atomic mass is 10.2. The molecule has 0 saturated heterocycles. The van der Waals surface area contributed by atoms with Crippen LogP contribution < -0.4 is 10.0 Å². The summed E-state index contributed by atoms with van der Waals surface area (Å²) < 4.78 is 28.1. The van der Waals surface area contributed by atoms with E-state index >= 15 is 0 Å². The van der Waals surface area contributed by atoms with Crippen LogP contribution >= 0.6 is 11.3 Å². The summed E-state index contributed by atoms with van der Waals surface area (Å²) >= 11 is 1.51. The Morgan fingerprint density at radius 1 is 1.29 bits per heavy atom. The zero-order chi connectivity index (χ0) is 16.0. The molecule has 0 spiro atoms. The lowest BCUT2D eigenvalue weighted by Gasteiger charge is -2.15. The van der Waals surface area contributed by atoms with Crippen LogP contribution in [0.3, 0.4) is 0 Å². The molecule has 0 aliphatic heterocycles. The van der Waals surface area contributed by atoms with Crippen molar-refractivity contribution in [1.29, 1.82) is 0 Å². The molecule has 1 heterocycles. The molecule has 2 N–H and O–H groups in total. The minimum absolute atomic E-state index is 0.0276. The van der Waals surface area contributed by atoms with Crippen LogP contribution in [-0.4, -0.2) is 20.5 Å². The minimum atomic E-state index is -3.44. The van der Waals surface area contributed by atoms with Gasteiger partial charge in [-0.25, -0.2) is 13.1 Å². The Balaban J connectivity index is 2.89. The Kier molecular flexibility index (Phi) is 7.33. The number of thiophene rings is 1. The Hall–Kier alpha value is -0.430. The van der Waals surface area contributed by atoms with Gasteiger partial charge in [-0.15, -0.1) is 11.3 Å². The van der Waals surface area contributed by atoms with E-state index in [-0.39, 0.29) is 6.04 Å². The van der Waals surface area contributed by atoms with E-state index in [9.17, 15) is 8.42 Å². The number of unbranched alkanes of at least 4 members (excludes halogenated alkanes) is 1. The van der Waals surface area contributed by atoms with Crippen molar-refractivity contribution in [3.8, 4) is 0 Å². The third-order valence-electron chi connectivity index (χ3n) is 3.28. The quantitative estimate of drug-likeness (QED) is 0.728. The van der Waals surface area contributed by atoms with Crippen LogP contribution in [0.5, 0.6) is 0 Å². The number of rotatable bonds is 9. The summed E-state index contributed by atoms with van der Waals surface area (Å²) in [6.45, 7) is 10.6. The third kappa shape index (κ3) is 5.70. The number of hydrogen-bond donors (Lipinski definition) is 2. The maximum absolute atomic E-state index is 12.6. The second kappa shape index (κ2) is 8.27. The molecular formula is C15H28N2O2S2. The highest BCUT2D eigenvalue weighted by molar-refractivity contribution is 7.89. The molecule has 0 amide bonds. The second-order valence-corrected chi connectivity index (χ2v) is 8.49. The van der Waals surface area contributed by atoms with Gasteiger partial charge in [0, 0.05) is 23.5 Å². The van der Waals surface area contributed by atoms with Gasteiger partial charge in [-0.3, -0.25) is 0 Å². The smallest absolute Gasteiger partial charge is 0.242 e. The van der Waals surface area contributed by atoms with E-state index in [2.05, 4.69) is 30.8 Å². The maximum atomic E-state index is 12.6. The largest absolute Gasteiger partial charge is 0.310 e. The number of aryl methyl sites for hydroxylation is 1. The number of sulfonamides is 1. The molecule has 0 aromatic carbocycles. The first-order valence-corrected chi connectivity index (χ1v) is 9.96. The zero-order valence-electron chi connectivity index (χ0n) is 13.7. The predicted molar refractivity (Wildman–Crippen MR) is 90.3 cm³/mol. The molecule has 0 aliphatic rings. The summed E-state index contributed by atoms with van der Waals surface area (Å²) in [7, 11) is -3.44. The van der Waals surface area contributed by atoms with Gasteiger partial charge < -0.3 is 5.32 Å². The SMILES string of the molecule is CCCCC(C)NS(=O)(=O)c1c(C)csc1CNC(C)C. The fourth-order valence-electron chi connectivity index (χ4n) is 2.16. The Bertz CT molecular complexity index is 536. The van der Waals surface area contributed by atoms with Crippen molar-refractivity contribution in [2.45, 2.75) is 77.4 Å². The average Bonchev–Trinajstić information content (AvgIpc) is 2.75. The molecule has 0 fully saturated rings. The second-order valence-electron chi connectivity index (χ2n) is 5.87. The highest BCUT2D eigenvalue weighted by Gasteiger charge is 2.24. The Morgan fingerprint density at radius 2 is 1.95 bits per heavy atom. The first-order chi connectivity index (χ1) is 9.77. The summed E-state index contributed by atoms with van der Waals surface area (Å²) in [5.74, 6) is 0. The van der Waals surface area contributed by atoms with E-state index in [4.69, 9.17) is 0 Å². The normalized spacial score (nSPS) is 13.8. The van der Waals surface area contributed by atoms with Gasteiger partial charge in [0.05, 0.1) is 0 Å². The standard InChI is InChI=1S/C15H28N2O2S2/c1-6-7-8-13(5)17-21(18,19)15-12(4)10-20-14(15)9-16-11(2)3/h10-11,13,16-17H,6-9H2,1-5H3. The zero-order valence-corrected chi connectivity index (χ0v) is 15.3. The molecule has 1 aromatic rings. The van der Waals surface area contributed by atoms with Gasteiger partial charge in [-0.05, 0) is 31.2 Å². The number of hydrogen-bond acceptors (Lipinski definition) is 4. The van der Waals surface area contributed by atoms with Gasteiger partial charge in [0.15, 0.2) is 0 Å². The van der Waals surface area contributed by atoms with Gasteiger partial charge in [0.2, 0.25) is 10.0 Å². The van der Waals surface area contributed by atoms with E-state index in [1.165, 1.54) is 11.3 Å². The van der Waals surface area contributed by atoms with Crippen molar-refractivity contribution in [3.63, 3.8) is 0 Å².